The van der Waals surface area contributed by atoms with E-state index in [9.17, 15) is 8.42 Å². The average molecular weight is 201 g/mol. The van der Waals surface area contributed by atoms with E-state index in [1.165, 1.54) is 12.1 Å². The third-order valence-corrected chi connectivity index (χ3v) is 2.99. The molecular weight excluding hydrogens is 190 g/mol. The summed E-state index contributed by atoms with van der Waals surface area (Å²) in [6.07, 6.45) is 0. The first kappa shape index (κ1) is 10.2. The standard InChI is InChI=1S/C8H11NO3S/c1-7-2-4-8(5-3-7)13(11,12)9-6-10/h2-5,9-10H,6H2,1H3. The van der Waals surface area contributed by atoms with Crippen LogP contribution in [0.25, 0.3) is 0 Å². The normalized spacial score (nSPS) is 11.5. The molecule has 0 saturated carbocycles. The summed E-state index contributed by atoms with van der Waals surface area (Å²) < 4.78 is 24.5. The molecule has 0 aromatic heterocycles. The molecule has 0 unspecified atom stereocenters. The lowest BCUT2D eigenvalue weighted by Crippen LogP contribution is -2.24. The summed E-state index contributed by atoms with van der Waals surface area (Å²) in [5, 5.41) is 8.43. The SMILES string of the molecule is Cc1ccc(S(=O)(=O)NCO)cc1. The first-order chi connectivity index (χ1) is 6.06. The average Bonchev–Trinajstić information content (AvgIpc) is 2.05. The van der Waals surface area contributed by atoms with Crippen LogP contribution in [0.1, 0.15) is 5.56 Å². The van der Waals surface area contributed by atoms with Crippen LogP contribution in [-0.4, -0.2) is 20.3 Å². The van der Waals surface area contributed by atoms with E-state index in [-0.39, 0.29) is 4.90 Å². The van der Waals surface area contributed by atoms with Crippen LogP contribution in [0.3, 0.4) is 0 Å². The molecule has 0 aliphatic carbocycles. The van der Waals surface area contributed by atoms with Crippen molar-refractivity contribution in [1.29, 1.82) is 0 Å². The van der Waals surface area contributed by atoms with Gasteiger partial charge in [-0.2, -0.15) is 4.72 Å². The summed E-state index contributed by atoms with van der Waals surface area (Å²) in [7, 11) is -3.53. The summed E-state index contributed by atoms with van der Waals surface area (Å²) >= 11 is 0. The molecule has 5 heteroatoms. The van der Waals surface area contributed by atoms with Crippen molar-refractivity contribution in [1.82, 2.24) is 4.72 Å². The van der Waals surface area contributed by atoms with Gasteiger partial charge in [-0.15, -0.1) is 0 Å². The number of hydrogen-bond donors (Lipinski definition) is 2. The van der Waals surface area contributed by atoms with Gasteiger partial charge in [-0.3, -0.25) is 0 Å². The van der Waals surface area contributed by atoms with Gasteiger partial charge in [0.25, 0.3) is 0 Å². The Kier molecular flexibility index (Phi) is 3.02. The predicted octanol–water partition coefficient (Wildman–Crippen LogP) is 0.223. The maximum atomic E-state index is 11.3. The molecule has 0 aliphatic heterocycles. The van der Waals surface area contributed by atoms with E-state index in [0.29, 0.717) is 0 Å². The zero-order chi connectivity index (χ0) is 9.90. The number of rotatable bonds is 3. The summed E-state index contributed by atoms with van der Waals surface area (Å²) in [6.45, 7) is 1.28. The van der Waals surface area contributed by atoms with E-state index in [2.05, 4.69) is 0 Å². The molecule has 4 nitrogen and oxygen atoms in total. The topological polar surface area (TPSA) is 66.4 Å². The third-order valence-electron chi connectivity index (χ3n) is 1.59. The molecule has 0 saturated heterocycles. The second-order valence-electron chi connectivity index (χ2n) is 2.62. The van der Waals surface area contributed by atoms with Crippen molar-refractivity contribution in [2.24, 2.45) is 0 Å². The van der Waals surface area contributed by atoms with Crippen molar-refractivity contribution in [3.8, 4) is 0 Å². The van der Waals surface area contributed by atoms with Crippen molar-refractivity contribution >= 4 is 10.0 Å². The maximum Gasteiger partial charge on any atom is 0.242 e. The van der Waals surface area contributed by atoms with Crippen LogP contribution in [0, 0.1) is 6.92 Å². The molecule has 1 aromatic carbocycles. The minimum Gasteiger partial charge on any atom is -0.380 e. The molecule has 0 amide bonds. The van der Waals surface area contributed by atoms with Crippen molar-refractivity contribution in [2.75, 3.05) is 6.73 Å². The Bertz CT molecular complexity index is 369. The van der Waals surface area contributed by atoms with E-state index < -0.39 is 16.8 Å². The van der Waals surface area contributed by atoms with Crippen LogP contribution in [0.5, 0.6) is 0 Å². The fourth-order valence-electron chi connectivity index (χ4n) is 0.886. The lowest BCUT2D eigenvalue weighted by molar-refractivity contribution is 0.288. The minimum atomic E-state index is -3.53. The molecule has 0 spiro atoms. The third kappa shape index (κ3) is 2.51. The summed E-state index contributed by atoms with van der Waals surface area (Å²) in [4.78, 5) is 0.159. The second kappa shape index (κ2) is 3.87. The number of aliphatic hydroxyl groups excluding tert-OH is 1. The van der Waals surface area contributed by atoms with Crippen molar-refractivity contribution in [2.45, 2.75) is 11.8 Å². The minimum absolute atomic E-state index is 0.159. The molecule has 0 heterocycles. The zero-order valence-electron chi connectivity index (χ0n) is 7.19. The Morgan fingerprint density at radius 2 is 1.85 bits per heavy atom. The molecular formula is C8H11NO3S. The van der Waals surface area contributed by atoms with Gasteiger partial charge in [0, 0.05) is 0 Å². The van der Waals surface area contributed by atoms with Gasteiger partial charge in [0.2, 0.25) is 10.0 Å². The molecule has 13 heavy (non-hydrogen) atoms. The van der Waals surface area contributed by atoms with Crippen LogP contribution in [0.15, 0.2) is 29.2 Å². The van der Waals surface area contributed by atoms with Gasteiger partial charge in [-0.05, 0) is 19.1 Å². The van der Waals surface area contributed by atoms with E-state index in [1.807, 2.05) is 11.6 Å². The lowest BCUT2D eigenvalue weighted by atomic mass is 10.2. The van der Waals surface area contributed by atoms with E-state index in [0.717, 1.165) is 5.56 Å². The largest absolute Gasteiger partial charge is 0.380 e. The van der Waals surface area contributed by atoms with Crippen molar-refractivity contribution in [3.63, 3.8) is 0 Å². The quantitative estimate of drug-likeness (QED) is 0.688. The molecule has 0 radical (unpaired) electrons. The molecule has 0 bridgehead atoms. The second-order valence-corrected chi connectivity index (χ2v) is 4.39. The van der Waals surface area contributed by atoms with Crippen LogP contribution in [0.4, 0.5) is 0 Å². The first-order valence-corrected chi connectivity index (χ1v) is 5.22. The van der Waals surface area contributed by atoms with Crippen molar-refractivity contribution in [3.05, 3.63) is 29.8 Å². The lowest BCUT2D eigenvalue weighted by Gasteiger charge is -2.03. The molecule has 2 N–H and O–H groups in total. The fraction of sp³-hybridized carbons (Fsp3) is 0.250. The number of sulfonamides is 1. The molecule has 0 aliphatic rings. The van der Waals surface area contributed by atoms with Crippen LogP contribution < -0.4 is 4.72 Å². The van der Waals surface area contributed by atoms with Gasteiger partial charge in [0.15, 0.2) is 0 Å². The Morgan fingerprint density at radius 3 is 2.31 bits per heavy atom. The van der Waals surface area contributed by atoms with Gasteiger partial charge in [0.05, 0.1) is 4.90 Å². The zero-order valence-corrected chi connectivity index (χ0v) is 8.00. The van der Waals surface area contributed by atoms with Gasteiger partial charge < -0.3 is 5.11 Å². The van der Waals surface area contributed by atoms with Crippen LogP contribution in [0.2, 0.25) is 0 Å². The number of benzene rings is 1. The summed E-state index contributed by atoms with van der Waals surface area (Å²) in [5.74, 6) is 0. The highest BCUT2D eigenvalue weighted by Crippen LogP contribution is 2.08. The monoisotopic (exact) mass is 201 g/mol. The summed E-state index contributed by atoms with van der Waals surface area (Å²) in [5.41, 5.74) is 0.989. The molecule has 0 fully saturated rings. The number of nitrogens with one attached hydrogen (secondary N) is 1. The Labute approximate surface area is 77.3 Å². The highest BCUT2D eigenvalue weighted by atomic mass is 32.2. The molecule has 1 aromatic rings. The van der Waals surface area contributed by atoms with E-state index >= 15 is 0 Å². The smallest absolute Gasteiger partial charge is 0.242 e. The van der Waals surface area contributed by atoms with E-state index in [1.54, 1.807) is 12.1 Å². The van der Waals surface area contributed by atoms with Gasteiger partial charge >= 0.3 is 0 Å². The molecule has 72 valence electrons. The number of aryl methyl sites for hydroxylation is 1. The van der Waals surface area contributed by atoms with Crippen molar-refractivity contribution < 1.29 is 13.5 Å². The predicted molar refractivity (Wildman–Crippen MR) is 48.6 cm³/mol. The fourth-order valence-corrected chi connectivity index (χ4v) is 1.72. The highest BCUT2D eigenvalue weighted by molar-refractivity contribution is 7.89. The molecule has 1 rings (SSSR count). The number of hydrogen-bond acceptors (Lipinski definition) is 3. The Hall–Kier alpha value is -0.910. The molecule has 0 atom stereocenters. The summed E-state index contributed by atoms with van der Waals surface area (Å²) in [6, 6.07) is 6.39. The van der Waals surface area contributed by atoms with Gasteiger partial charge in [-0.1, -0.05) is 17.7 Å². The van der Waals surface area contributed by atoms with Gasteiger partial charge in [0.1, 0.15) is 6.73 Å². The highest BCUT2D eigenvalue weighted by Gasteiger charge is 2.11. The maximum absolute atomic E-state index is 11.3. The number of aliphatic hydroxyl groups is 1. The first-order valence-electron chi connectivity index (χ1n) is 3.73. The van der Waals surface area contributed by atoms with Crippen LogP contribution in [-0.2, 0) is 10.0 Å². The van der Waals surface area contributed by atoms with Gasteiger partial charge in [-0.25, -0.2) is 8.42 Å². The van der Waals surface area contributed by atoms with Crippen LogP contribution >= 0.6 is 0 Å². The van der Waals surface area contributed by atoms with E-state index in [4.69, 9.17) is 5.11 Å². The Morgan fingerprint density at radius 1 is 1.31 bits per heavy atom. The Balaban J connectivity index is 3.02.